The second-order valence-electron chi connectivity index (χ2n) is 13.3. The highest BCUT2D eigenvalue weighted by molar-refractivity contribution is 6.07. The van der Waals surface area contributed by atoms with Crippen LogP contribution in [-0.4, -0.2) is 0 Å². The van der Waals surface area contributed by atoms with Crippen LogP contribution in [-0.2, 0) is 5.41 Å². The normalized spacial score (nSPS) is 13.8. The molecule has 1 aliphatic carbocycles. The molecule has 216 valence electrons. The molecule has 1 heteroatoms. The van der Waals surface area contributed by atoms with Crippen LogP contribution >= 0.6 is 0 Å². The first-order chi connectivity index (χ1) is 22.5. The van der Waals surface area contributed by atoms with Crippen LogP contribution in [0.25, 0.3) is 76.8 Å². The lowest BCUT2D eigenvalue weighted by Crippen LogP contribution is -2.16. The van der Waals surface area contributed by atoms with Crippen molar-refractivity contribution in [2.45, 2.75) is 19.3 Å². The Bertz CT molecular complexity index is 2580. The molecule has 1 nitrogen and oxygen atoms in total. The SMILES string of the molecule is CC1(C)c2cc(-c3ccc4c(c3)-c3cccc5cccc(c35)O4)ccc2-c2ccc3cccc(-c4ccc5ccccc5c4)c3c21. The largest absolute Gasteiger partial charge is 0.456 e. The highest BCUT2D eigenvalue weighted by atomic mass is 16.5. The Labute approximate surface area is 268 Å². The van der Waals surface area contributed by atoms with Crippen LogP contribution in [0.5, 0.6) is 11.5 Å². The Balaban J connectivity index is 1.13. The Morgan fingerprint density at radius 2 is 1.04 bits per heavy atom. The average molecular weight is 587 g/mol. The van der Waals surface area contributed by atoms with E-state index in [-0.39, 0.29) is 5.41 Å². The summed E-state index contributed by atoms with van der Waals surface area (Å²) in [7, 11) is 0. The maximum absolute atomic E-state index is 6.40. The molecule has 2 aliphatic rings. The molecule has 0 unspecified atom stereocenters. The predicted molar refractivity (Wildman–Crippen MR) is 193 cm³/mol. The topological polar surface area (TPSA) is 9.23 Å². The summed E-state index contributed by atoms with van der Waals surface area (Å²) in [6, 6.07) is 53.5. The van der Waals surface area contributed by atoms with Gasteiger partial charge in [0.2, 0.25) is 0 Å². The second-order valence-corrected chi connectivity index (χ2v) is 13.3. The van der Waals surface area contributed by atoms with Crippen molar-refractivity contribution in [1.29, 1.82) is 0 Å². The van der Waals surface area contributed by atoms with Gasteiger partial charge in [-0.05, 0) is 107 Å². The maximum Gasteiger partial charge on any atom is 0.135 e. The van der Waals surface area contributed by atoms with Crippen molar-refractivity contribution in [1.82, 2.24) is 0 Å². The van der Waals surface area contributed by atoms with Crippen molar-refractivity contribution < 1.29 is 4.74 Å². The molecule has 8 aromatic rings. The van der Waals surface area contributed by atoms with E-state index in [4.69, 9.17) is 4.74 Å². The van der Waals surface area contributed by atoms with Gasteiger partial charge in [-0.25, -0.2) is 0 Å². The fraction of sp³-hybridized carbons (Fsp3) is 0.0667. The third kappa shape index (κ3) is 3.51. The van der Waals surface area contributed by atoms with E-state index in [2.05, 4.69) is 159 Å². The molecule has 0 saturated heterocycles. The number of benzene rings is 8. The fourth-order valence-electron chi connectivity index (χ4n) is 8.20. The molecule has 0 aromatic heterocycles. The van der Waals surface area contributed by atoms with Gasteiger partial charge in [-0.2, -0.15) is 0 Å². The molecule has 0 fully saturated rings. The molecule has 0 saturated carbocycles. The molecule has 46 heavy (non-hydrogen) atoms. The van der Waals surface area contributed by atoms with Crippen molar-refractivity contribution in [2.75, 3.05) is 0 Å². The Morgan fingerprint density at radius 1 is 0.391 bits per heavy atom. The van der Waals surface area contributed by atoms with Crippen LogP contribution in [0.4, 0.5) is 0 Å². The van der Waals surface area contributed by atoms with Crippen molar-refractivity contribution in [3.8, 4) is 56.0 Å². The minimum atomic E-state index is -0.172. The highest BCUT2D eigenvalue weighted by Crippen LogP contribution is 2.54. The number of rotatable bonds is 2. The van der Waals surface area contributed by atoms with E-state index in [1.54, 1.807) is 0 Å². The van der Waals surface area contributed by atoms with Gasteiger partial charge in [-0.1, -0.05) is 129 Å². The fourth-order valence-corrected chi connectivity index (χ4v) is 8.20. The third-order valence-corrected chi connectivity index (χ3v) is 10.4. The number of hydrogen-bond acceptors (Lipinski definition) is 1. The van der Waals surface area contributed by atoms with Gasteiger partial charge >= 0.3 is 0 Å². The molecule has 0 atom stereocenters. The van der Waals surface area contributed by atoms with Crippen LogP contribution in [0.3, 0.4) is 0 Å². The van der Waals surface area contributed by atoms with Gasteiger partial charge in [0.25, 0.3) is 0 Å². The molecular formula is C45H30O. The van der Waals surface area contributed by atoms with E-state index in [0.717, 1.165) is 17.1 Å². The van der Waals surface area contributed by atoms with Gasteiger partial charge in [0.15, 0.2) is 0 Å². The molecule has 10 rings (SSSR count). The van der Waals surface area contributed by atoms with Gasteiger partial charge in [-0.15, -0.1) is 0 Å². The van der Waals surface area contributed by atoms with Crippen molar-refractivity contribution >= 4 is 32.3 Å². The van der Waals surface area contributed by atoms with Gasteiger partial charge in [0, 0.05) is 16.4 Å². The van der Waals surface area contributed by atoms with E-state index >= 15 is 0 Å². The molecule has 0 amide bonds. The van der Waals surface area contributed by atoms with Gasteiger partial charge in [-0.3, -0.25) is 0 Å². The van der Waals surface area contributed by atoms with E-state index in [9.17, 15) is 0 Å². The van der Waals surface area contributed by atoms with Gasteiger partial charge < -0.3 is 4.74 Å². The lowest BCUT2D eigenvalue weighted by atomic mass is 9.78. The minimum absolute atomic E-state index is 0.172. The van der Waals surface area contributed by atoms with E-state index in [0.29, 0.717) is 0 Å². The van der Waals surface area contributed by atoms with Crippen LogP contribution < -0.4 is 4.74 Å². The minimum Gasteiger partial charge on any atom is -0.456 e. The summed E-state index contributed by atoms with van der Waals surface area (Å²) < 4.78 is 6.40. The summed E-state index contributed by atoms with van der Waals surface area (Å²) in [5.41, 5.74) is 12.7. The highest BCUT2D eigenvalue weighted by Gasteiger charge is 2.38. The summed E-state index contributed by atoms with van der Waals surface area (Å²) in [4.78, 5) is 0. The number of fused-ring (bicyclic) bond motifs is 8. The zero-order valence-corrected chi connectivity index (χ0v) is 25.8. The zero-order valence-electron chi connectivity index (χ0n) is 25.8. The second kappa shape index (κ2) is 9.19. The Kier molecular flexibility index (Phi) is 5.12. The molecule has 8 aromatic carbocycles. The molecular weight excluding hydrogens is 556 g/mol. The molecule has 0 spiro atoms. The Morgan fingerprint density at radius 3 is 1.91 bits per heavy atom. The lowest BCUT2D eigenvalue weighted by Gasteiger charge is -2.25. The van der Waals surface area contributed by atoms with E-state index < -0.39 is 0 Å². The zero-order chi connectivity index (χ0) is 30.6. The molecule has 0 bridgehead atoms. The van der Waals surface area contributed by atoms with E-state index in [1.807, 2.05) is 0 Å². The summed E-state index contributed by atoms with van der Waals surface area (Å²) in [5.74, 6) is 1.84. The summed E-state index contributed by atoms with van der Waals surface area (Å²) >= 11 is 0. The van der Waals surface area contributed by atoms with E-state index in [1.165, 1.54) is 82.4 Å². The smallest absolute Gasteiger partial charge is 0.135 e. The summed E-state index contributed by atoms with van der Waals surface area (Å²) in [6.45, 7) is 4.80. The standard InChI is InChI=1S/C45H30O/c1-45(2)39-26-32(31-20-23-40-38(25-31)36-14-6-10-28-12-7-15-41(46-40)42(28)36)19-21-35(39)37-22-18-29-11-5-13-34(43(29)44(37)45)33-17-16-27-8-3-4-9-30(27)24-33/h3-26H,1-2H3. The summed E-state index contributed by atoms with van der Waals surface area (Å²) in [5, 5.41) is 7.58. The monoisotopic (exact) mass is 586 g/mol. The molecule has 1 aliphatic heterocycles. The molecule has 0 N–H and O–H groups in total. The third-order valence-electron chi connectivity index (χ3n) is 10.4. The quantitative estimate of drug-likeness (QED) is 0.196. The van der Waals surface area contributed by atoms with Gasteiger partial charge in [0.1, 0.15) is 11.5 Å². The van der Waals surface area contributed by atoms with Crippen LogP contribution in [0.1, 0.15) is 25.0 Å². The molecule has 1 heterocycles. The van der Waals surface area contributed by atoms with Gasteiger partial charge in [0.05, 0.1) is 0 Å². The number of ether oxygens (including phenoxy) is 1. The maximum atomic E-state index is 6.40. The van der Waals surface area contributed by atoms with Crippen LogP contribution in [0, 0.1) is 0 Å². The first kappa shape index (κ1) is 25.6. The van der Waals surface area contributed by atoms with Crippen molar-refractivity contribution in [2.24, 2.45) is 0 Å². The Hall–Kier alpha value is -5.66. The lowest BCUT2D eigenvalue weighted by molar-refractivity contribution is 0.487. The first-order valence-corrected chi connectivity index (χ1v) is 16.1. The first-order valence-electron chi connectivity index (χ1n) is 16.1. The molecule has 0 radical (unpaired) electrons. The number of hydrogen-bond donors (Lipinski definition) is 0. The van der Waals surface area contributed by atoms with Crippen molar-refractivity contribution in [3.63, 3.8) is 0 Å². The predicted octanol–water partition coefficient (Wildman–Crippen LogP) is 12.6. The van der Waals surface area contributed by atoms with Crippen molar-refractivity contribution in [3.05, 3.63) is 157 Å². The average Bonchev–Trinajstić information content (AvgIpc) is 3.33. The summed E-state index contributed by atoms with van der Waals surface area (Å²) in [6.07, 6.45) is 0. The van der Waals surface area contributed by atoms with Crippen LogP contribution in [0.2, 0.25) is 0 Å². The van der Waals surface area contributed by atoms with Crippen LogP contribution in [0.15, 0.2) is 146 Å².